The SMILES string of the molecule is CN(CCNC(=O)[C@@H]1CCC[C@@H]1CN)C1CC1. The van der Waals surface area contributed by atoms with E-state index in [0.717, 1.165) is 38.4 Å². The quantitative estimate of drug-likeness (QED) is 0.712. The van der Waals surface area contributed by atoms with Gasteiger partial charge in [-0.3, -0.25) is 4.79 Å². The Morgan fingerprint density at radius 1 is 1.35 bits per heavy atom. The first-order valence-electron chi connectivity index (χ1n) is 6.90. The van der Waals surface area contributed by atoms with Gasteiger partial charge in [0.2, 0.25) is 5.91 Å². The molecule has 0 aromatic rings. The van der Waals surface area contributed by atoms with Crippen LogP contribution < -0.4 is 11.1 Å². The lowest BCUT2D eigenvalue weighted by molar-refractivity contribution is -0.126. The van der Waals surface area contributed by atoms with E-state index in [-0.39, 0.29) is 11.8 Å². The minimum absolute atomic E-state index is 0.172. The van der Waals surface area contributed by atoms with Crippen molar-refractivity contribution < 1.29 is 4.79 Å². The molecule has 0 spiro atoms. The van der Waals surface area contributed by atoms with E-state index < -0.39 is 0 Å². The first-order valence-corrected chi connectivity index (χ1v) is 6.90. The molecule has 2 rings (SSSR count). The van der Waals surface area contributed by atoms with Crippen molar-refractivity contribution in [3.63, 3.8) is 0 Å². The maximum atomic E-state index is 12.0. The summed E-state index contributed by atoms with van der Waals surface area (Å²) < 4.78 is 0. The van der Waals surface area contributed by atoms with Crippen LogP contribution in [0.5, 0.6) is 0 Å². The Hall–Kier alpha value is -0.610. The van der Waals surface area contributed by atoms with E-state index in [2.05, 4.69) is 17.3 Å². The lowest BCUT2D eigenvalue weighted by Gasteiger charge is -2.19. The molecule has 2 atom stereocenters. The van der Waals surface area contributed by atoms with Gasteiger partial charge in [0.25, 0.3) is 0 Å². The van der Waals surface area contributed by atoms with Crippen LogP contribution >= 0.6 is 0 Å². The van der Waals surface area contributed by atoms with E-state index in [1.165, 1.54) is 12.8 Å². The average Bonchev–Trinajstić information content (AvgIpc) is 3.06. The van der Waals surface area contributed by atoms with Crippen molar-refractivity contribution >= 4 is 5.91 Å². The third-order valence-electron chi connectivity index (χ3n) is 4.23. The van der Waals surface area contributed by atoms with Crippen LogP contribution in [-0.4, -0.2) is 43.5 Å². The molecule has 17 heavy (non-hydrogen) atoms. The summed E-state index contributed by atoms with van der Waals surface area (Å²) in [5, 5.41) is 3.07. The molecular weight excluding hydrogens is 214 g/mol. The van der Waals surface area contributed by atoms with Crippen LogP contribution in [0.2, 0.25) is 0 Å². The molecule has 2 aliphatic carbocycles. The number of hydrogen-bond acceptors (Lipinski definition) is 3. The summed E-state index contributed by atoms with van der Waals surface area (Å²) >= 11 is 0. The zero-order valence-electron chi connectivity index (χ0n) is 10.8. The van der Waals surface area contributed by atoms with Gasteiger partial charge in [0, 0.05) is 25.0 Å². The second-order valence-electron chi connectivity index (χ2n) is 5.54. The van der Waals surface area contributed by atoms with E-state index in [9.17, 15) is 4.79 Å². The highest BCUT2D eigenvalue weighted by atomic mass is 16.1. The summed E-state index contributed by atoms with van der Waals surface area (Å²) in [6, 6.07) is 0.773. The fourth-order valence-electron chi connectivity index (χ4n) is 2.85. The van der Waals surface area contributed by atoms with Gasteiger partial charge in [0.1, 0.15) is 0 Å². The Bertz CT molecular complexity index is 265. The molecule has 0 aromatic carbocycles. The highest BCUT2D eigenvalue weighted by molar-refractivity contribution is 5.79. The molecule has 0 aromatic heterocycles. The molecule has 2 fully saturated rings. The van der Waals surface area contributed by atoms with Crippen molar-refractivity contribution in [2.24, 2.45) is 17.6 Å². The molecule has 4 heteroatoms. The summed E-state index contributed by atoms with van der Waals surface area (Å²) in [6.45, 7) is 2.40. The standard InChI is InChI=1S/C13H25N3O/c1-16(11-5-6-11)8-7-15-13(17)12-4-2-3-10(12)9-14/h10-12H,2-9,14H2,1H3,(H,15,17)/t10-,12-/m1/s1. The number of carbonyl (C=O) groups excluding carboxylic acids is 1. The monoisotopic (exact) mass is 239 g/mol. The summed E-state index contributed by atoms with van der Waals surface area (Å²) in [5.74, 6) is 0.810. The van der Waals surface area contributed by atoms with Crippen molar-refractivity contribution in [3.8, 4) is 0 Å². The van der Waals surface area contributed by atoms with Crippen LogP contribution in [0.3, 0.4) is 0 Å². The Kier molecular flexibility index (Phi) is 4.40. The lowest BCUT2D eigenvalue weighted by Crippen LogP contribution is -2.39. The maximum absolute atomic E-state index is 12.0. The molecule has 4 nitrogen and oxygen atoms in total. The second kappa shape index (κ2) is 5.83. The van der Waals surface area contributed by atoms with Gasteiger partial charge in [0.15, 0.2) is 0 Å². The average molecular weight is 239 g/mol. The molecule has 0 aliphatic heterocycles. The van der Waals surface area contributed by atoms with Crippen LogP contribution in [0.4, 0.5) is 0 Å². The smallest absolute Gasteiger partial charge is 0.223 e. The molecule has 0 heterocycles. The van der Waals surface area contributed by atoms with Gasteiger partial charge >= 0.3 is 0 Å². The third kappa shape index (κ3) is 3.42. The number of nitrogens with two attached hydrogens (primary N) is 1. The third-order valence-corrected chi connectivity index (χ3v) is 4.23. The van der Waals surface area contributed by atoms with Crippen molar-refractivity contribution in [1.29, 1.82) is 0 Å². The highest BCUT2D eigenvalue weighted by Gasteiger charge is 2.32. The number of nitrogens with one attached hydrogen (secondary N) is 1. The van der Waals surface area contributed by atoms with Crippen molar-refractivity contribution in [3.05, 3.63) is 0 Å². The number of rotatable bonds is 6. The number of nitrogens with zero attached hydrogens (tertiary/aromatic N) is 1. The Labute approximate surface area is 104 Å². The molecule has 2 aliphatic rings. The van der Waals surface area contributed by atoms with E-state index in [4.69, 9.17) is 5.73 Å². The normalized spacial score (nSPS) is 28.6. The largest absolute Gasteiger partial charge is 0.355 e. The summed E-state index contributed by atoms with van der Waals surface area (Å²) in [4.78, 5) is 14.3. The number of amides is 1. The predicted molar refractivity (Wildman–Crippen MR) is 68.5 cm³/mol. The number of likely N-dealkylation sites (N-methyl/N-ethyl adjacent to an activating group) is 1. The van der Waals surface area contributed by atoms with Crippen LogP contribution in [0, 0.1) is 11.8 Å². The first-order chi connectivity index (χ1) is 8.22. The van der Waals surface area contributed by atoms with Gasteiger partial charge in [-0.1, -0.05) is 6.42 Å². The van der Waals surface area contributed by atoms with Crippen molar-refractivity contribution in [2.75, 3.05) is 26.7 Å². The molecule has 1 amide bonds. The predicted octanol–water partition coefficient (Wildman–Crippen LogP) is 0.572. The highest BCUT2D eigenvalue weighted by Crippen LogP contribution is 2.30. The zero-order chi connectivity index (χ0) is 12.3. The van der Waals surface area contributed by atoms with Crippen LogP contribution in [0.1, 0.15) is 32.1 Å². The number of carbonyl (C=O) groups is 1. The number of hydrogen-bond donors (Lipinski definition) is 2. The summed E-state index contributed by atoms with van der Waals surface area (Å²) in [7, 11) is 2.14. The summed E-state index contributed by atoms with van der Waals surface area (Å²) in [6.07, 6.45) is 5.94. The lowest BCUT2D eigenvalue weighted by atomic mass is 9.95. The van der Waals surface area contributed by atoms with Crippen molar-refractivity contribution in [1.82, 2.24) is 10.2 Å². The van der Waals surface area contributed by atoms with Crippen LogP contribution in [-0.2, 0) is 4.79 Å². The van der Waals surface area contributed by atoms with E-state index in [1.807, 2.05) is 0 Å². The van der Waals surface area contributed by atoms with E-state index in [1.54, 1.807) is 0 Å². The fourth-order valence-corrected chi connectivity index (χ4v) is 2.85. The molecule has 0 bridgehead atoms. The molecular formula is C13H25N3O. The molecule has 3 N–H and O–H groups in total. The van der Waals surface area contributed by atoms with Gasteiger partial charge in [-0.05, 0) is 45.2 Å². The molecule has 0 saturated heterocycles. The molecule has 98 valence electrons. The Balaban J connectivity index is 1.65. The van der Waals surface area contributed by atoms with E-state index >= 15 is 0 Å². The minimum Gasteiger partial charge on any atom is -0.355 e. The van der Waals surface area contributed by atoms with Crippen LogP contribution in [0.15, 0.2) is 0 Å². The molecule has 0 unspecified atom stereocenters. The van der Waals surface area contributed by atoms with Gasteiger partial charge in [0.05, 0.1) is 0 Å². The topological polar surface area (TPSA) is 58.4 Å². The van der Waals surface area contributed by atoms with E-state index in [0.29, 0.717) is 12.5 Å². The van der Waals surface area contributed by atoms with Gasteiger partial charge < -0.3 is 16.0 Å². The minimum atomic E-state index is 0.172. The first kappa shape index (κ1) is 12.8. The summed E-state index contributed by atoms with van der Waals surface area (Å²) in [5.41, 5.74) is 5.70. The molecule has 0 radical (unpaired) electrons. The Morgan fingerprint density at radius 3 is 2.76 bits per heavy atom. The van der Waals surface area contributed by atoms with Crippen LogP contribution in [0.25, 0.3) is 0 Å². The fraction of sp³-hybridized carbons (Fsp3) is 0.923. The van der Waals surface area contributed by atoms with Gasteiger partial charge in [-0.15, -0.1) is 0 Å². The van der Waals surface area contributed by atoms with Crippen molar-refractivity contribution in [2.45, 2.75) is 38.1 Å². The molecule has 2 saturated carbocycles. The van der Waals surface area contributed by atoms with Gasteiger partial charge in [-0.2, -0.15) is 0 Å². The zero-order valence-corrected chi connectivity index (χ0v) is 10.8. The van der Waals surface area contributed by atoms with Gasteiger partial charge in [-0.25, -0.2) is 0 Å². The second-order valence-corrected chi connectivity index (χ2v) is 5.54. The Morgan fingerprint density at radius 2 is 2.12 bits per heavy atom. The maximum Gasteiger partial charge on any atom is 0.223 e.